The summed E-state index contributed by atoms with van der Waals surface area (Å²) in [4.78, 5) is 33.6. The Hall–Kier alpha value is -3.07. The van der Waals surface area contributed by atoms with Crippen LogP contribution in [-0.4, -0.2) is 90.9 Å². The fourth-order valence-corrected chi connectivity index (χ4v) is 4.80. The minimum Gasteiger partial charge on any atom is -0.337 e. The Bertz CT molecular complexity index is 1050. The molecule has 35 heavy (non-hydrogen) atoms. The van der Waals surface area contributed by atoms with Gasteiger partial charge in [0, 0.05) is 44.8 Å². The zero-order chi connectivity index (χ0) is 25.3. The molecule has 188 valence electrons. The van der Waals surface area contributed by atoms with Crippen LogP contribution in [0.25, 0.3) is 11.1 Å². The second kappa shape index (κ2) is 9.89. The molecule has 2 aromatic rings. The van der Waals surface area contributed by atoms with Crippen LogP contribution in [0.2, 0.25) is 0 Å². The third kappa shape index (κ3) is 5.45. The van der Waals surface area contributed by atoms with Crippen molar-refractivity contribution >= 4 is 11.9 Å². The fraction of sp³-hybridized carbons (Fsp3) is 0.462. The highest BCUT2D eigenvalue weighted by atomic mass is 19.4. The average molecular weight is 489 g/mol. The van der Waals surface area contributed by atoms with Crippen molar-refractivity contribution in [3.63, 3.8) is 0 Å². The Morgan fingerprint density at radius 2 is 1.29 bits per heavy atom. The van der Waals surface area contributed by atoms with Crippen molar-refractivity contribution in [1.82, 2.24) is 19.6 Å². The summed E-state index contributed by atoms with van der Waals surface area (Å²) in [6, 6.07) is 12.2. The number of likely N-dealkylation sites (tertiary alicyclic amines) is 2. The fourth-order valence-electron chi connectivity index (χ4n) is 4.80. The first kappa shape index (κ1) is 25.0. The largest absolute Gasteiger partial charge is 0.416 e. The Morgan fingerprint density at radius 3 is 1.77 bits per heavy atom. The number of halogens is 3. The van der Waals surface area contributed by atoms with Gasteiger partial charge in [-0.1, -0.05) is 24.3 Å². The van der Waals surface area contributed by atoms with E-state index in [1.165, 1.54) is 12.1 Å². The molecule has 0 radical (unpaired) electrons. The molecule has 0 aromatic heterocycles. The second-order valence-electron chi connectivity index (χ2n) is 9.59. The number of benzene rings is 2. The van der Waals surface area contributed by atoms with Gasteiger partial charge in [-0.15, -0.1) is 0 Å². The molecule has 9 heteroatoms. The molecule has 0 aliphatic carbocycles. The molecular weight excluding hydrogens is 457 g/mol. The zero-order valence-electron chi connectivity index (χ0n) is 20.3. The van der Waals surface area contributed by atoms with Crippen LogP contribution in [0.4, 0.5) is 18.0 Å². The third-order valence-electron chi connectivity index (χ3n) is 7.14. The number of urea groups is 1. The molecule has 2 saturated heterocycles. The first-order chi connectivity index (χ1) is 16.5. The van der Waals surface area contributed by atoms with Crippen LogP contribution in [0, 0.1) is 0 Å². The topological polar surface area (TPSA) is 47.1 Å². The molecular formula is C26H31F3N4O2. The average Bonchev–Trinajstić information content (AvgIpc) is 3.53. The van der Waals surface area contributed by atoms with Gasteiger partial charge < -0.3 is 19.6 Å². The maximum Gasteiger partial charge on any atom is 0.416 e. The summed E-state index contributed by atoms with van der Waals surface area (Å²) in [6.07, 6.45) is -2.68. The van der Waals surface area contributed by atoms with Gasteiger partial charge in [0.2, 0.25) is 0 Å². The van der Waals surface area contributed by atoms with Crippen LogP contribution < -0.4 is 0 Å². The minimum absolute atomic E-state index is 0.0404. The summed E-state index contributed by atoms with van der Waals surface area (Å²) in [6.45, 7) is 2.61. The Balaban J connectivity index is 1.35. The molecule has 6 nitrogen and oxygen atoms in total. The molecule has 0 bridgehead atoms. The summed E-state index contributed by atoms with van der Waals surface area (Å²) in [5.41, 5.74) is 1.19. The minimum atomic E-state index is -4.37. The lowest BCUT2D eigenvalue weighted by Crippen LogP contribution is -2.44. The van der Waals surface area contributed by atoms with Crippen molar-refractivity contribution in [2.75, 3.05) is 47.3 Å². The standard InChI is InChI=1S/C26H31F3N4O2/c1-30(2)22-12-14-32(16-22)25(35)33-15-13-23(17-33)31(3)24(34)20-6-4-18(5-7-20)19-8-10-21(11-9-19)26(27,28)29/h4-11,22-23H,12-17H2,1-3H3/t22-,23+/m1/s1. The molecule has 0 spiro atoms. The number of nitrogens with zero attached hydrogens (tertiary/aromatic N) is 4. The molecule has 0 unspecified atom stereocenters. The van der Waals surface area contributed by atoms with E-state index in [1.807, 2.05) is 23.9 Å². The van der Waals surface area contributed by atoms with Crippen molar-refractivity contribution in [3.8, 4) is 11.1 Å². The Kier molecular flexibility index (Phi) is 7.07. The maximum absolute atomic E-state index is 13.1. The lowest BCUT2D eigenvalue weighted by atomic mass is 10.0. The number of carbonyl (C=O) groups is 2. The maximum atomic E-state index is 13.1. The van der Waals surface area contributed by atoms with Crippen LogP contribution in [0.3, 0.4) is 0 Å². The molecule has 3 amide bonds. The van der Waals surface area contributed by atoms with Gasteiger partial charge in [0.25, 0.3) is 5.91 Å². The zero-order valence-corrected chi connectivity index (χ0v) is 20.3. The lowest BCUT2D eigenvalue weighted by Gasteiger charge is -2.27. The number of hydrogen-bond donors (Lipinski definition) is 0. The van der Waals surface area contributed by atoms with Gasteiger partial charge in [-0.3, -0.25) is 4.79 Å². The molecule has 2 aliphatic heterocycles. The highest BCUT2D eigenvalue weighted by molar-refractivity contribution is 5.95. The van der Waals surface area contributed by atoms with Gasteiger partial charge in [0.05, 0.1) is 11.6 Å². The van der Waals surface area contributed by atoms with E-state index in [1.54, 1.807) is 36.2 Å². The van der Waals surface area contributed by atoms with E-state index in [2.05, 4.69) is 4.90 Å². The van der Waals surface area contributed by atoms with Gasteiger partial charge in [-0.05, 0) is 62.3 Å². The molecule has 2 atom stereocenters. The van der Waals surface area contributed by atoms with E-state index < -0.39 is 11.7 Å². The molecule has 4 rings (SSSR count). The summed E-state index contributed by atoms with van der Waals surface area (Å²) in [5, 5.41) is 0. The lowest BCUT2D eigenvalue weighted by molar-refractivity contribution is -0.137. The Labute approximate surface area is 203 Å². The first-order valence-corrected chi connectivity index (χ1v) is 11.8. The van der Waals surface area contributed by atoms with E-state index in [9.17, 15) is 22.8 Å². The summed E-state index contributed by atoms with van der Waals surface area (Å²) in [5.74, 6) is -0.142. The number of carbonyl (C=O) groups excluding carboxylic acids is 2. The van der Waals surface area contributed by atoms with Gasteiger partial charge in [0.1, 0.15) is 0 Å². The van der Waals surface area contributed by atoms with E-state index in [0.717, 1.165) is 43.6 Å². The quantitative estimate of drug-likeness (QED) is 0.646. The highest BCUT2D eigenvalue weighted by Crippen LogP contribution is 2.31. The SMILES string of the molecule is CN(C)[C@@H]1CCN(C(=O)N2CC[C@H](N(C)C(=O)c3ccc(-c4ccc(C(F)(F)F)cc4)cc3)C2)C1. The summed E-state index contributed by atoms with van der Waals surface area (Å²) >= 11 is 0. The van der Waals surface area contributed by atoms with Crippen molar-refractivity contribution in [1.29, 1.82) is 0 Å². The van der Waals surface area contributed by atoms with Crippen LogP contribution in [0.1, 0.15) is 28.8 Å². The number of hydrogen-bond acceptors (Lipinski definition) is 3. The number of rotatable bonds is 4. The van der Waals surface area contributed by atoms with Gasteiger partial charge in [-0.2, -0.15) is 13.2 Å². The molecule has 0 saturated carbocycles. The van der Waals surface area contributed by atoms with E-state index in [-0.39, 0.29) is 18.0 Å². The van der Waals surface area contributed by atoms with Crippen molar-refractivity contribution < 1.29 is 22.8 Å². The van der Waals surface area contributed by atoms with Crippen LogP contribution >= 0.6 is 0 Å². The second-order valence-corrected chi connectivity index (χ2v) is 9.59. The monoisotopic (exact) mass is 488 g/mol. The smallest absolute Gasteiger partial charge is 0.337 e. The third-order valence-corrected chi connectivity index (χ3v) is 7.14. The highest BCUT2D eigenvalue weighted by Gasteiger charge is 2.36. The van der Waals surface area contributed by atoms with Crippen LogP contribution in [-0.2, 0) is 6.18 Å². The Morgan fingerprint density at radius 1 is 0.800 bits per heavy atom. The molecule has 2 heterocycles. The van der Waals surface area contributed by atoms with Gasteiger partial charge in [0.15, 0.2) is 0 Å². The van der Waals surface area contributed by atoms with E-state index in [4.69, 9.17) is 0 Å². The van der Waals surface area contributed by atoms with Crippen LogP contribution in [0.15, 0.2) is 48.5 Å². The predicted molar refractivity (Wildman–Crippen MR) is 128 cm³/mol. The number of likely N-dealkylation sites (N-methyl/N-ethyl adjacent to an activating group) is 2. The van der Waals surface area contributed by atoms with E-state index >= 15 is 0 Å². The molecule has 0 N–H and O–H groups in total. The molecule has 2 fully saturated rings. The summed E-state index contributed by atoms with van der Waals surface area (Å²) < 4.78 is 38.4. The van der Waals surface area contributed by atoms with E-state index in [0.29, 0.717) is 30.3 Å². The molecule has 2 aromatic carbocycles. The van der Waals surface area contributed by atoms with Crippen molar-refractivity contribution in [3.05, 3.63) is 59.7 Å². The van der Waals surface area contributed by atoms with Crippen LogP contribution in [0.5, 0.6) is 0 Å². The number of alkyl halides is 3. The normalized spacial score (nSPS) is 20.5. The predicted octanol–water partition coefficient (Wildman–Crippen LogP) is 4.27. The summed E-state index contributed by atoms with van der Waals surface area (Å²) in [7, 11) is 5.81. The van der Waals surface area contributed by atoms with Gasteiger partial charge in [-0.25, -0.2) is 4.79 Å². The first-order valence-electron chi connectivity index (χ1n) is 11.8. The van der Waals surface area contributed by atoms with Crippen molar-refractivity contribution in [2.24, 2.45) is 0 Å². The van der Waals surface area contributed by atoms with Gasteiger partial charge >= 0.3 is 12.2 Å². The van der Waals surface area contributed by atoms with Crippen molar-refractivity contribution in [2.45, 2.75) is 31.1 Å². The molecule has 2 aliphatic rings. The number of amides is 3.